The molecular weight excluding hydrogens is 378 g/mol. The Hall–Kier alpha value is -3.06. The highest BCUT2D eigenvalue weighted by Crippen LogP contribution is 2.26. The summed E-state index contributed by atoms with van der Waals surface area (Å²) in [5.74, 6) is 2.16. The van der Waals surface area contributed by atoms with Crippen LogP contribution in [0.15, 0.2) is 58.2 Å². The van der Waals surface area contributed by atoms with Crippen molar-refractivity contribution in [3.05, 3.63) is 77.0 Å². The van der Waals surface area contributed by atoms with Crippen molar-refractivity contribution in [2.24, 2.45) is 4.99 Å². The van der Waals surface area contributed by atoms with E-state index in [4.69, 9.17) is 4.42 Å². The maximum absolute atomic E-state index is 10.9. The molecule has 0 bridgehead atoms. The zero-order chi connectivity index (χ0) is 21.6. The highest BCUT2D eigenvalue weighted by atomic mass is 16.3. The lowest BCUT2D eigenvalue weighted by molar-refractivity contribution is 0.0601. The zero-order valence-electron chi connectivity index (χ0n) is 18.1. The van der Waals surface area contributed by atoms with Crippen molar-refractivity contribution >= 4 is 5.96 Å². The normalized spacial score (nSPS) is 13.8. The smallest absolute Gasteiger partial charge is 0.191 e. The minimum absolute atomic E-state index is 0.311. The molecule has 1 atom stereocenters. The molecule has 0 aliphatic heterocycles. The molecule has 0 spiro atoms. The van der Waals surface area contributed by atoms with E-state index in [0.717, 1.165) is 35.7 Å². The van der Waals surface area contributed by atoms with Crippen LogP contribution in [0.25, 0.3) is 0 Å². The molecule has 1 aromatic carbocycles. The van der Waals surface area contributed by atoms with Gasteiger partial charge in [-0.15, -0.1) is 0 Å². The van der Waals surface area contributed by atoms with Gasteiger partial charge in [0.15, 0.2) is 5.96 Å². The van der Waals surface area contributed by atoms with Crippen molar-refractivity contribution in [2.45, 2.75) is 46.4 Å². The number of nitrogens with one attached hydrogen (secondary N) is 2. The molecule has 0 saturated carbocycles. The van der Waals surface area contributed by atoms with Crippen molar-refractivity contribution in [3.8, 4) is 0 Å². The lowest BCUT2D eigenvalue weighted by Crippen LogP contribution is -2.44. The molecule has 2 aromatic heterocycles. The fraction of sp³-hybridized carbons (Fsp3) is 0.391. The Morgan fingerprint density at radius 3 is 2.63 bits per heavy atom. The van der Waals surface area contributed by atoms with Crippen LogP contribution in [0.5, 0.6) is 0 Å². The molecule has 160 valence electrons. The maximum atomic E-state index is 10.9. The van der Waals surface area contributed by atoms with Crippen LogP contribution in [0.1, 0.15) is 42.1 Å². The Balaban J connectivity index is 1.61. The molecule has 0 fully saturated rings. The molecule has 30 heavy (non-hydrogen) atoms. The molecule has 0 saturated heterocycles. The topological polar surface area (TPSA) is 87.6 Å². The Bertz CT molecular complexity index is 973. The third kappa shape index (κ3) is 5.73. The minimum atomic E-state index is -1.07. The number of hydrogen-bond donors (Lipinski definition) is 3. The van der Waals surface area contributed by atoms with Crippen LogP contribution in [0, 0.1) is 13.8 Å². The lowest BCUT2D eigenvalue weighted by atomic mass is 9.96. The van der Waals surface area contributed by atoms with Crippen molar-refractivity contribution in [1.29, 1.82) is 0 Å². The number of rotatable bonds is 8. The standard InChI is InChI=1S/C23H31N5O2/c1-5-24-22(26-16-23(4,29)21-11-17(2)30-18(21)3)25-12-20-13-27-28(15-20)14-19-9-7-6-8-10-19/h6-11,13,15,29H,5,12,14,16H2,1-4H3,(H2,24,25,26). The SMILES string of the molecule is CCNC(=NCc1cnn(Cc2ccccc2)c1)NCC(C)(O)c1cc(C)oc1C. The quantitative estimate of drug-likeness (QED) is 0.393. The van der Waals surface area contributed by atoms with Gasteiger partial charge in [-0.1, -0.05) is 30.3 Å². The molecule has 1 unspecified atom stereocenters. The summed E-state index contributed by atoms with van der Waals surface area (Å²) in [6.45, 7) is 9.79. The summed E-state index contributed by atoms with van der Waals surface area (Å²) in [6.07, 6.45) is 3.84. The Morgan fingerprint density at radius 1 is 1.20 bits per heavy atom. The summed E-state index contributed by atoms with van der Waals surface area (Å²) in [6, 6.07) is 12.1. The number of aromatic nitrogens is 2. The lowest BCUT2D eigenvalue weighted by Gasteiger charge is -2.24. The predicted molar refractivity (Wildman–Crippen MR) is 118 cm³/mol. The molecule has 2 heterocycles. The minimum Gasteiger partial charge on any atom is -0.466 e. The van der Waals surface area contributed by atoms with E-state index < -0.39 is 5.60 Å². The van der Waals surface area contributed by atoms with E-state index in [2.05, 4.69) is 32.9 Å². The largest absolute Gasteiger partial charge is 0.466 e. The summed E-state index contributed by atoms with van der Waals surface area (Å²) < 4.78 is 7.47. The van der Waals surface area contributed by atoms with E-state index in [1.807, 2.05) is 62.1 Å². The van der Waals surface area contributed by atoms with Crippen molar-refractivity contribution in [2.75, 3.05) is 13.1 Å². The number of aliphatic hydroxyl groups is 1. The van der Waals surface area contributed by atoms with Crippen LogP contribution in [-0.2, 0) is 18.7 Å². The van der Waals surface area contributed by atoms with E-state index in [9.17, 15) is 5.11 Å². The van der Waals surface area contributed by atoms with Crippen LogP contribution in [0.4, 0.5) is 0 Å². The second kappa shape index (κ2) is 9.63. The number of benzene rings is 1. The summed E-state index contributed by atoms with van der Waals surface area (Å²) in [5.41, 5.74) is 1.94. The van der Waals surface area contributed by atoms with Gasteiger partial charge in [0.25, 0.3) is 0 Å². The molecule has 7 heteroatoms. The average molecular weight is 410 g/mol. The van der Waals surface area contributed by atoms with Gasteiger partial charge in [0.1, 0.15) is 17.1 Å². The number of hydrogen-bond acceptors (Lipinski definition) is 4. The molecule has 3 N–H and O–H groups in total. The molecular formula is C23H31N5O2. The van der Waals surface area contributed by atoms with Crippen molar-refractivity contribution in [3.63, 3.8) is 0 Å². The van der Waals surface area contributed by atoms with Crippen LogP contribution < -0.4 is 10.6 Å². The molecule has 3 rings (SSSR count). The van der Waals surface area contributed by atoms with E-state index >= 15 is 0 Å². The summed E-state index contributed by atoms with van der Waals surface area (Å²) in [7, 11) is 0. The third-order valence-corrected chi connectivity index (χ3v) is 4.86. The first-order valence-electron chi connectivity index (χ1n) is 10.2. The third-order valence-electron chi connectivity index (χ3n) is 4.86. The van der Waals surface area contributed by atoms with E-state index in [0.29, 0.717) is 19.0 Å². The van der Waals surface area contributed by atoms with Crippen LogP contribution in [0.2, 0.25) is 0 Å². The zero-order valence-corrected chi connectivity index (χ0v) is 18.1. The van der Waals surface area contributed by atoms with Gasteiger partial charge in [-0.2, -0.15) is 5.10 Å². The first-order valence-corrected chi connectivity index (χ1v) is 10.2. The number of nitrogens with zero attached hydrogens (tertiary/aromatic N) is 3. The molecule has 0 aliphatic carbocycles. The van der Waals surface area contributed by atoms with Gasteiger partial charge < -0.3 is 20.2 Å². The summed E-state index contributed by atoms with van der Waals surface area (Å²) >= 11 is 0. The number of aryl methyl sites for hydroxylation is 2. The fourth-order valence-electron chi connectivity index (χ4n) is 3.37. The van der Waals surface area contributed by atoms with Gasteiger partial charge in [-0.3, -0.25) is 4.68 Å². The fourth-order valence-corrected chi connectivity index (χ4v) is 3.37. The van der Waals surface area contributed by atoms with Crippen LogP contribution >= 0.6 is 0 Å². The van der Waals surface area contributed by atoms with E-state index in [1.54, 1.807) is 6.92 Å². The van der Waals surface area contributed by atoms with Gasteiger partial charge in [-0.25, -0.2) is 4.99 Å². The van der Waals surface area contributed by atoms with Gasteiger partial charge in [0.05, 0.1) is 25.8 Å². The van der Waals surface area contributed by atoms with Crippen LogP contribution in [0.3, 0.4) is 0 Å². The predicted octanol–water partition coefficient (Wildman–Crippen LogP) is 3.10. The van der Waals surface area contributed by atoms with Crippen LogP contribution in [-0.4, -0.2) is 33.9 Å². The van der Waals surface area contributed by atoms with Gasteiger partial charge in [0.2, 0.25) is 0 Å². The first-order chi connectivity index (χ1) is 14.4. The van der Waals surface area contributed by atoms with E-state index in [1.165, 1.54) is 5.56 Å². The monoisotopic (exact) mass is 409 g/mol. The Kier molecular flexibility index (Phi) is 6.95. The average Bonchev–Trinajstić information content (AvgIpc) is 3.30. The Labute approximate surface area is 177 Å². The van der Waals surface area contributed by atoms with Crippen molar-refractivity contribution in [1.82, 2.24) is 20.4 Å². The van der Waals surface area contributed by atoms with E-state index in [-0.39, 0.29) is 0 Å². The molecule has 0 radical (unpaired) electrons. The molecule has 3 aromatic rings. The van der Waals surface area contributed by atoms with Gasteiger partial charge in [0, 0.05) is 23.9 Å². The summed E-state index contributed by atoms with van der Waals surface area (Å²) in [5, 5.41) is 21.8. The van der Waals surface area contributed by atoms with Gasteiger partial charge in [-0.05, 0) is 39.3 Å². The maximum Gasteiger partial charge on any atom is 0.191 e. The number of furan rings is 1. The molecule has 0 aliphatic rings. The highest BCUT2D eigenvalue weighted by molar-refractivity contribution is 5.79. The van der Waals surface area contributed by atoms with Crippen molar-refractivity contribution < 1.29 is 9.52 Å². The molecule has 0 amide bonds. The number of guanidine groups is 1. The first kappa shape index (κ1) is 21.6. The second-order valence-corrected chi connectivity index (χ2v) is 7.68. The highest BCUT2D eigenvalue weighted by Gasteiger charge is 2.27. The molecule has 7 nitrogen and oxygen atoms in total. The number of aliphatic imine (C=N–C) groups is 1. The van der Waals surface area contributed by atoms with Gasteiger partial charge >= 0.3 is 0 Å². The second-order valence-electron chi connectivity index (χ2n) is 7.68. The Morgan fingerprint density at radius 2 is 1.97 bits per heavy atom. The summed E-state index contributed by atoms with van der Waals surface area (Å²) in [4.78, 5) is 4.64.